The molecule has 1 saturated carbocycles. The molecule has 2 fully saturated rings. The number of hydrogen-bond acceptors (Lipinski definition) is 4. The van der Waals surface area contributed by atoms with Crippen molar-refractivity contribution >= 4 is 21.6 Å². The van der Waals surface area contributed by atoms with Gasteiger partial charge in [-0.25, -0.2) is 8.42 Å². The van der Waals surface area contributed by atoms with Crippen LogP contribution < -0.4 is 5.32 Å². The fourth-order valence-corrected chi connectivity index (χ4v) is 5.38. The molecule has 144 valence electrons. The van der Waals surface area contributed by atoms with E-state index in [0.29, 0.717) is 31.4 Å². The lowest BCUT2D eigenvalue weighted by atomic mass is 9.94. The van der Waals surface area contributed by atoms with Gasteiger partial charge in [0, 0.05) is 24.8 Å². The molecule has 0 spiro atoms. The zero-order chi connectivity index (χ0) is 18.6. The number of carbonyl (C=O) groups excluding carboxylic acids is 1. The number of hydrogen-bond donors (Lipinski definition) is 1. The molecule has 0 aromatic heterocycles. The standard InChI is InChI=1S/C19H29N3O3S/c1-21(17-7-3-2-4-8-17)15-19(23)20-16-9-11-18(12-10-16)26(24,25)22-13-5-6-14-22/h9-12,17H,2-8,13-15H2,1H3,(H,20,23). The molecule has 7 heteroatoms. The second-order valence-electron chi connectivity index (χ2n) is 7.39. The first kappa shape index (κ1) is 19.3. The maximum Gasteiger partial charge on any atom is 0.243 e. The average molecular weight is 380 g/mol. The summed E-state index contributed by atoms with van der Waals surface area (Å²) in [5.41, 5.74) is 0.632. The van der Waals surface area contributed by atoms with Crippen LogP contribution in [0.3, 0.4) is 0 Å². The predicted molar refractivity (Wildman–Crippen MR) is 103 cm³/mol. The summed E-state index contributed by atoms with van der Waals surface area (Å²) in [7, 11) is -1.40. The number of carbonyl (C=O) groups is 1. The number of rotatable bonds is 6. The molecular formula is C19H29N3O3S. The summed E-state index contributed by atoms with van der Waals surface area (Å²) in [6.07, 6.45) is 7.93. The van der Waals surface area contributed by atoms with Gasteiger partial charge in [-0.3, -0.25) is 9.69 Å². The SMILES string of the molecule is CN(CC(=O)Nc1ccc(S(=O)(=O)N2CCCC2)cc1)C1CCCCC1. The molecule has 0 radical (unpaired) electrons. The topological polar surface area (TPSA) is 69.7 Å². The molecule has 3 rings (SSSR count). The molecule has 1 aromatic carbocycles. The van der Waals surface area contributed by atoms with E-state index < -0.39 is 10.0 Å². The highest BCUT2D eigenvalue weighted by Gasteiger charge is 2.27. The number of amides is 1. The molecule has 6 nitrogen and oxygen atoms in total. The Hall–Kier alpha value is -1.44. The molecule has 1 aromatic rings. The van der Waals surface area contributed by atoms with Crippen molar-refractivity contribution in [1.29, 1.82) is 0 Å². The fraction of sp³-hybridized carbons (Fsp3) is 0.632. The molecule has 0 bridgehead atoms. The van der Waals surface area contributed by atoms with Crippen LogP contribution in [0, 0.1) is 0 Å². The van der Waals surface area contributed by atoms with Gasteiger partial charge in [-0.1, -0.05) is 19.3 Å². The van der Waals surface area contributed by atoms with Gasteiger partial charge in [-0.2, -0.15) is 4.31 Å². The third-order valence-corrected chi connectivity index (χ3v) is 7.34. The molecule has 2 aliphatic rings. The molecule has 1 amide bonds. The molecule has 0 atom stereocenters. The summed E-state index contributed by atoms with van der Waals surface area (Å²) in [4.78, 5) is 14.7. The highest BCUT2D eigenvalue weighted by Crippen LogP contribution is 2.23. The molecule has 1 aliphatic heterocycles. The van der Waals surface area contributed by atoms with Gasteiger partial charge in [0.1, 0.15) is 0 Å². The smallest absolute Gasteiger partial charge is 0.243 e. The highest BCUT2D eigenvalue weighted by atomic mass is 32.2. The number of benzene rings is 1. The van der Waals surface area contributed by atoms with Crippen molar-refractivity contribution in [2.45, 2.75) is 55.9 Å². The lowest BCUT2D eigenvalue weighted by Crippen LogP contribution is -2.39. The average Bonchev–Trinajstić information content (AvgIpc) is 3.18. The van der Waals surface area contributed by atoms with Gasteiger partial charge in [0.2, 0.25) is 15.9 Å². The largest absolute Gasteiger partial charge is 0.325 e. The summed E-state index contributed by atoms with van der Waals surface area (Å²) in [5, 5.41) is 2.87. The van der Waals surface area contributed by atoms with Crippen molar-refractivity contribution in [3.05, 3.63) is 24.3 Å². The first-order valence-electron chi connectivity index (χ1n) is 9.57. The Morgan fingerprint density at radius 2 is 1.69 bits per heavy atom. The zero-order valence-corrected chi connectivity index (χ0v) is 16.3. The molecular weight excluding hydrogens is 350 g/mol. The number of anilines is 1. The minimum atomic E-state index is -3.41. The lowest BCUT2D eigenvalue weighted by Gasteiger charge is -2.30. The molecule has 26 heavy (non-hydrogen) atoms. The van der Waals surface area contributed by atoms with Crippen LogP contribution >= 0.6 is 0 Å². The van der Waals surface area contributed by atoms with Crippen LogP contribution in [0.1, 0.15) is 44.9 Å². The summed E-state index contributed by atoms with van der Waals surface area (Å²) in [5.74, 6) is -0.0618. The van der Waals surface area contributed by atoms with Crippen molar-refractivity contribution in [3.8, 4) is 0 Å². The second kappa shape index (κ2) is 8.50. The minimum absolute atomic E-state index is 0.0618. The maximum absolute atomic E-state index is 12.5. The second-order valence-corrected chi connectivity index (χ2v) is 9.33. The third kappa shape index (κ3) is 4.64. The fourth-order valence-electron chi connectivity index (χ4n) is 3.87. The van der Waals surface area contributed by atoms with Gasteiger partial charge in [-0.05, 0) is 57.0 Å². The summed E-state index contributed by atoms with van der Waals surface area (Å²) >= 11 is 0. The molecule has 1 aliphatic carbocycles. The Bertz CT molecular complexity index is 706. The van der Waals surface area contributed by atoms with Crippen LogP contribution in [0.4, 0.5) is 5.69 Å². The Balaban J connectivity index is 1.56. The van der Waals surface area contributed by atoms with Crippen molar-refractivity contribution in [1.82, 2.24) is 9.21 Å². The van der Waals surface area contributed by atoms with Crippen LogP contribution in [0.2, 0.25) is 0 Å². The van der Waals surface area contributed by atoms with Crippen molar-refractivity contribution in [2.24, 2.45) is 0 Å². The van der Waals surface area contributed by atoms with E-state index in [0.717, 1.165) is 25.7 Å². The maximum atomic E-state index is 12.5. The van der Waals surface area contributed by atoms with E-state index in [1.165, 1.54) is 23.6 Å². The Morgan fingerprint density at radius 1 is 1.08 bits per heavy atom. The zero-order valence-electron chi connectivity index (χ0n) is 15.5. The monoisotopic (exact) mass is 379 g/mol. The molecule has 1 saturated heterocycles. The van der Waals surface area contributed by atoms with Gasteiger partial charge in [0.15, 0.2) is 0 Å². The lowest BCUT2D eigenvalue weighted by molar-refractivity contribution is -0.117. The summed E-state index contributed by atoms with van der Waals surface area (Å²) in [6.45, 7) is 1.54. The number of nitrogens with zero attached hydrogens (tertiary/aromatic N) is 2. The van der Waals surface area contributed by atoms with Gasteiger partial charge in [0.25, 0.3) is 0 Å². The van der Waals surface area contributed by atoms with E-state index in [1.807, 2.05) is 7.05 Å². The predicted octanol–water partition coefficient (Wildman–Crippen LogP) is 2.67. The van der Waals surface area contributed by atoms with Crippen LogP contribution in [0.5, 0.6) is 0 Å². The number of nitrogens with one attached hydrogen (secondary N) is 1. The normalized spacial score (nSPS) is 19.8. The Kier molecular flexibility index (Phi) is 6.32. The van der Waals surface area contributed by atoms with E-state index in [4.69, 9.17) is 0 Å². The van der Waals surface area contributed by atoms with Crippen molar-refractivity contribution in [3.63, 3.8) is 0 Å². The number of sulfonamides is 1. The van der Waals surface area contributed by atoms with Crippen LogP contribution in [0.25, 0.3) is 0 Å². The van der Waals surface area contributed by atoms with Crippen LogP contribution in [0.15, 0.2) is 29.2 Å². The van der Waals surface area contributed by atoms with Crippen molar-refractivity contribution in [2.75, 3.05) is 32.0 Å². The Morgan fingerprint density at radius 3 is 2.31 bits per heavy atom. The van der Waals surface area contributed by atoms with Crippen LogP contribution in [-0.2, 0) is 14.8 Å². The third-order valence-electron chi connectivity index (χ3n) is 5.43. The van der Waals surface area contributed by atoms with E-state index in [2.05, 4.69) is 10.2 Å². The summed E-state index contributed by atoms with van der Waals surface area (Å²) in [6, 6.07) is 6.98. The van der Waals surface area contributed by atoms with E-state index in [9.17, 15) is 13.2 Å². The first-order chi connectivity index (χ1) is 12.5. The quantitative estimate of drug-likeness (QED) is 0.825. The summed E-state index contributed by atoms with van der Waals surface area (Å²) < 4.78 is 26.6. The van der Waals surface area contributed by atoms with Gasteiger partial charge in [-0.15, -0.1) is 0 Å². The molecule has 1 N–H and O–H groups in total. The number of likely N-dealkylation sites (N-methyl/N-ethyl adjacent to an activating group) is 1. The highest BCUT2D eigenvalue weighted by molar-refractivity contribution is 7.89. The molecule has 0 unspecified atom stereocenters. The minimum Gasteiger partial charge on any atom is -0.325 e. The van der Waals surface area contributed by atoms with E-state index >= 15 is 0 Å². The Labute approximate surface area is 156 Å². The van der Waals surface area contributed by atoms with Crippen LogP contribution in [-0.4, -0.2) is 56.3 Å². The van der Waals surface area contributed by atoms with E-state index in [1.54, 1.807) is 24.3 Å². The van der Waals surface area contributed by atoms with Gasteiger partial charge < -0.3 is 5.32 Å². The van der Waals surface area contributed by atoms with Gasteiger partial charge in [0.05, 0.1) is 11.4 Å². The van der Waals surface area contributed by atoms with Gasteiger partial charge >= 0.3 is 0 Å². The van der Waals surface area contributed by atoms with Crippen molar-refractivity contribution < 1.29 is 13.2 Å². The van der Waals surface area contributed by atoms with E-state index in [-0.39, 0.29) is 10.8 Å². The molecule has 1 heterocycles. The first-order valence-corrected chi connectivity index (χ1v) is 11.0.